The average molecular weight is 1050 g/mol. The Morgan fingerprint density at radius 1 is 0.547 bits per heavy atom. The number of benzene rings is 4. The number of pyridine rings is 3. The third kappa shape index (κ3) is 10.6. The highest BCUT2D eigenvalue weighted by Gasteiger charge is 2.25. The van der Waals surface area contributed by atoms with Crippen molar-refractivity contribution in [2.75, 3.05) is 11.1 Å². The smallest absolute Gasteiger partial charge is 0.269 e. The van der Waals surface area contributed by atoms with Crippen LogP contribution in [0.1, 0.15) is 60.9 Å². The molecule has 0 bridgehead atoms. The number of non-ortho nitro benzene ring substituents is 1. The average Bonchev–Trinajstić information content (AvgIpc) is 4.09. The number of rotatable bonds is 6. The lowest BCUT2D eigenvalue weighted by Gasteiger charge is -2.11. The summed E-state index contributed by atoms with van der Waals surface area (Å²) < 4.78 is 27.9. The Morgan fingerprint density at radius 3 is 1.44 bits per heavy atom. The van der Waals surface area contributed by atoms with E-state index in [9.17, 15) is 23.7 Å². The number of aryl methyl sites for hydroxylation is 6. The molecule has 1 amide bonds. The van der Waals surface area contributed by atoms with Crippen molar-refractivity contribution in [3.63, 3.8) is 0 Å². The van der Waals surface area contributed by atoms with Crippen LogP contribution in [0.3, 0.4) is 0 Å². The molecule has 0 saturated heterocycles. The number of aromatic nitrogens is 6. The van der Waals surface area contributed by atoms with E-state index in [0.29, 0.717) is 5.69 Å². The molecule has 12 nitrogen and oxygen atoms in total. The molecule has 6 heterocycles. The summed E-state index contributed by atoms with van der Waals surface area (Å²) in [7, 11) is 0. The summed E-state index contributed by atoms with van der Waals surface area (Å²) in [5, 5.41) is 16.5. The molecule has 0 radical (unpaired) electrons. The standard InChI is InChI=1S/C24H17F2N3OS.C17H13N3O2S.C17H15N3S/c25-18-6-2-7-19(26)21(18)23(30)28-16-9-10-17-14(12-16)4-1-8-20-22(17)29-24(31-20)15-5-3-11-27-13-15;21-20(22)13-6-7-14-11(9-13)3-1-5-15-16(14)19-17(23-15)12-4-2-8-18-10-12;18-13-6-7-14-11(9-13)3-1-5-15-16(14)20-17(21-15)12-4-2-8-19-10-12/h2-3,5-7,9-13H,1,4,8H2,(H,28,30);2,4,6-10H,1,3,5H2;2,4,6-10H,1,3,5,18H2. The number of nitrogens with one attached hydrogen (secondary N) is 1. The number of carbonyl (C=O) groups is 1. The Balaban J connectivity index is 0.000000123. The Morgan fingerprint density at radius 2 is 0.987 bits per heavy atom. The number of nitrogens with zero attached hydrogens (tertiary/aromatic N) is 7. The van der Waals surface area contributed by atoms with Crippen LogP contribution in [-0.2, 0) is 38.5 Å². The van der Waals surface area contributed by atoms with E-state index in [2.05, 4.69) is 38.5 Å². The Bertz CT molecular complexity index is 3720. The highest BCUT2D eigenvalue weighted by atomic mass is 32.1. The van der Waals surface area contributed by atoms with E-state index < -0.39 is 23.1 Å². The van der Waals surface area contributed by atoms with Crippen LogP contribution in [0.4, 0.5) is 25.8 Å². The summed E-state index contributed by atoms with van der Waals surface area (Å²) in [5.41, 5.74) is 19.6. The first-order chi connectivity index (χ1) is 36.6. The van der Waals surface area contributed by atoms with E-state index in [0.717, 1.165) is 147 Å². The number of carbonyl (C=O) groups excluding carboxylic acids is 1. The highest BCUT2D eigenvalue weighted by molar-refractivity contribution is 7.16. The summed E-state index contributed by atoms with van der Waals surface area (Å²) in [4.78, 5) is 54.0. The zero-order valence-corrected chi connectivity index (χ0v) is 42.6. The molecule has 10 aromatic rings. The van der Waals surface area contributed by atoms with Gasteiger partial charge in [0.25, 0.3) is 11.6 Å². The molecule has 4 aromatic carbocycles. The van der Waals surface area contributed by atoms with E-state index >= 15 is 0 Å². The largest absolute Gasteiger partial charge is 0.399 e. The monoisotopic (exact) mass is 1050 g/mol. The Kier molecular flexibility index (Phi) is 14.2. The van der Waals surface area contributed by atoms with Crippen molar-refractivity contribution in [3.8, 4) is 65.5 Å². The summed E-state index contributed by atoms with van der Waals surface area (Å²) in [6, 6.07) is 32.0. The van der Waals surface area contributed by atoms with Crippen LogP contribution in [0.15, 0.2) is 146 Å². The molecule has 0 unspecified atom stereocenters. The van der Waals surface area contributed by atoms with Crippen molar-refractivity contribution < 1.29 is 18.5 Å². The van der Waals surface area contributed by atoms with E-state index in [-0.39, 0.29) is 10.6 Å². The molecule has 13 rings (SSSR count). The molecule has 3 aliphatic rings. The van der Waals surface area contributed by atoms with Gasteiger partial charge in [0.2, 0.25) is 0 Å². The third-order valence-corrected chi connectivity index (χ3v) is 16.6. The SMILES string of the molecule is Nc1ccc2c(c1)CCCc1sc(-c3cccnc3)nc1-2.O=C(Nc1ccc2c(c1)CCCc1sc(-c3cccnc3)nc1-2)c1c(F)cccc1F.O=[N+]([O-])c1ccc2c(c1)CCCc1sc(-c3cccnc3)nc1-2. The van der Waals surface area contributed by atoms with Gasteiger partial charge >= 0.3 is 0 Å². The number of nitro groups is 1. The number of nitro benzene ring substituents is 1. The van der Waals surface area contributed by atoms with Crippen LogP contribution >= 0.6 is 34.0 Å². The number of anilines is 2. The van der Waals surface area contributed by atoms with Gasteiger partial charge < -0.3 is 11.1 Å². The highest BCUT2D eigenvalue weighted by Crippen LogP contribution is 2.42. The zero-order valence-electron chi connectivity index (χ0n) is 40.1. The fourth-order valence-electron chi connectivity index (χ4n) is 9.55. The zero-order chi connectivity index (χ0) is 51.4. The van der Waals surface area contributed by atoms with E-state index in [1.165, 1.54) is 31.8 Å². The lowest BCUT2D eigenvalue weighted by atomic mass is 10.0. The van der Waals surface area contributed by atoms with Crippen molar-refractivity contribution >= 4 is 57.0 Å². The number of nitrogen functional groups attached to an aromatic ring is 1. The summed E-state index contributed by atoms with van der Waals surface area (Å²) in [5.74, 6) is -2.58. The predicted molar refractivity (Wildman–Crippen MR) is 294 cm³/mol. The number of amides is 1. The Labute approximate surface area is 442 Å². The van der Waals surface area contributed by atoms with Gasteiger partial charge in [-0.2, -0.15) is 0 Å². The molecule has 0 spiro atoms. The number of nitrogens with two attached hydrogens (primary N) is 1. The molecule has 6 aromatic heterocycles. The van der Waals surface area contributed by atoms with Gasteiger partial charge in [0, 0.05) is 109 Å². The quantitative estimate of drug-likeness (QED) is 0.0926. The maximum absolute atomic E-state index is 13.9. The number of fused-ring (bicyclic) bond motifs is 9. The number of hydrogen-bond acceptors (Lipinski definition) is 13. The van der Waals surface area contributed by atoms with E-state index in [4.69, 9.17) is 20.7 Å². The first-order valence-electron chi connectivity index (χ1n) is 24.4. The fourth-order valence-corrected chi connectivity index (χ4v) is 12.9. The Hall–Kier alpha value is -8.25. The molecule has 3 aliphatic carbocycles. The molecule has 3 N–H and O–H groups in total. The topological polar surface area (TPSA) is 176 Å². The van der Waals surface area contributed by atoms with Crippen LogP contribution < -0.4 is 11.1 Å². The lowest BCUT2D eigenvalue weighted by Crippen LogP contribution is -2.16. The fraction of sp³-hybridized carbons (Fsp3) is 0.155. The summed E-state index contributed by atoms with van der Waals surface area (Å²) in [6.07, 6.45) is 19.6. The maximum Gasteiger partial charge on any atom is 0.269 e. The lowest BCUT2D eigenvalue weighted by molar-refractivity contribution is -0.384. The molecule has 17 heteroatoms. The van der Waals surface area contributed by atoms with Crippen LogP contribution in [-0.4, -0.2) is 40.7 Å². The van der Waals surface area contributed by atoms with Crippen molar-refractivity contribution in [2.45, 2.75) is 57.8 Å². The van der Waals surface area contributed by atoms with Crippen LogP contribution in [0.5, 0.6) is 0 Å². The molecular formula is C58H45F2N9O3S3. The molecule has 0 fully saturated rings. The second-order valence-corrected chi connectivity index (χ2v) is 21.3. The summed E-state index contributed by atoms with van der Waals surface area (Å²) in [6.45, 7) is 0. The van der Waals surface area contributed by atoms with Crippen LogP contribution in [0.25, 0.3) is 65.5 Å². The van der Waals surface area contributed by atoms with Gasteiger partial charge in [0.05, 0.1) is 22.0 Å². The van der Waals surface area contributed by atoms with Crippen molar-refractivity contribution in [3.05, 3.63) is 205 Å². The van der Waals surface area contributed by atoms with Crippen molar-refractivity contribution in [1.29, 1.82) is 0 Å². The normalized spacial score (nSPS) is 12.9. The summed E-state index contributed by atoms with van der Waals surface area (Å²) >= 11 is 5.15. The number of thiazole rings is 3. The third-order valence-electron chi connectivity index (χ3n) is 13.1. The molecule has 75 heavy (non-hydrogen) atoms. The van der Waals surface area contributed by atoms with Gasteiger partial charge in [-0.25, -0.2) is 23.7 Å². The van der Waals surface area contributed by atoms with Gasteiger partial charge in [0.15, 0.2) is 0 Å². The maximum atomic E-state index is 13.9. The molecule has 0 saturated carbocycles. The molecule has 0 atom stereocenters. The second-order valence-electron chi connectivity index (χ2n) is 18.1. The van der Waals surface area contributed by atoms with Gasteiger partial charge in [-0.3, -0.25) is 29.9 Å². The number of hydrogen-bond donors (Lipinski definition) is 2. The minimum Gasteiger partial charge on any atom is -0.399 e. The molecule has 0 aliphatic heterocycles. The van der Waals surface area contributed by atoms with Gasteiger partial charge in [-0.1, -0.05) is 18.2 Å². The van der Waals surface area contributed by atoms with Crippen LogP contribution in [0.2, 0.25) is 0 Å². The first kappa shape index (κ1) is 49.0. The van der Waals surface area contributed by atoms with Gasteiger partial charge in [-0.15, -0.1) is 34.0 Å². The van der Waals surface area contributed by atoms with Crippen molar-refractivity contribution in [2.24, 2.45) is 0 Å². The molecular weight excluding hydrogens is 1000 g/mol. The van der Waals surface area contributed by atoms with Crippen molar-refractivity contribution in [1.82, 2.24) is 29.9 Å². The second kappa shape index (κ2) is 21.7. The minimum absolute atomic E-state index is 0.148. The van der Waals surface area contributed by atoms with Crippen LogP contribution in [0, 0.1) is 21.7 Å². The first-order valence-corrected chi connectivity index (χ1v) is 26.8. The predicted octanol–water partition coefficient (Wildman–Crippen LogP) is 14.1. The minimum atomic E-state index is -0.887. The number of halogens is 2. The van der Waals surface area contributed by atoms with E-state index in [1.54, 1.807) is 77.0 Å². The van der Waals surface area contributed by atoms with E-state index in [1.807, 2.05) is 67.0 Å². The molecule has 372 valence electrons. The van der Waals surface area contributed by atoms with Gasteiger partial charge in [-0.05, 0) is 153 Å². The van der Waals surface area contributed by atoms with Gasteiger partial charge in [0.1, 0.15) is 32.2 Å².